The number of rotatable bonds is 1. The summed E-state index contributed by atoms with van der Waals surface area (Å²) in [5.74, 6) is 0. The molecule has 3 nitrogen and oxygen atoms in total. The Hall–Kier alpha value is -1.72. The summed E-state index contributed by atoms with van der Waals surface area (Å²) >= 11 is 0. The van der Waals surface area contributed by atoms with Crippen molar-refractivity contribution in [3.05, 3.63) is 29.3 Å². The van der Waals surface area contributed by atoms with Crippen LogP contribution in [0, 0.1) is 6.92 Å². The van der Waals surface area contributed by atoms with Crippen LogP contribution in [0.4, 0.5) is 23.7 Å². The Kier molecular flexibility index (Phi) is 2.88. The standard InChI is InChI=1S/C9H8F3NO2/c1-5-4-6(13-8(14)15)2-3-7(5)9(10,11)12/h2-4,13H,1H3,(H,14,15). The third kappa shape index (κ3) is 2.87. The van der Waals surface area contributed by atoms with Crippen molar-refractivity contribution >= 4 is 11.8 Å². The molecule has 0 radical (unpaired) electrons. The molecule has 0 heterocycles. The first kappa shape index (κ1) is 11.4. The highest BCUT2D eigenvalue weighted by molar-refractivity contribution is 5.83. The minimum Gasteiger partial charge on any atom is -0.465 e. The molecule has 0 bridgehead atoms. The van der Waals surface area contributed by atoms with E-state index in [-0.39, 0.29) is 11.3 Å². The molecule has 15 heavy (non-hydrogen) atoms. The second-order valence-corrected chi connectivity index (χ2v) is 2.96. The molecular weight excluding hydrogens is 211 g/mol. The van der Waals surface area contributed by atoms with E-state index in [1.807, 2.05) is 5.32 Å². The molecule has 0 saturated heterocycles. The Morgan fingerprint density at radius 2 is 2.00 bits per heavy atom. The molecule has 2 N–H and O–H groups in total. The van der Waals surface area contributed by atoms with Crippen molar-refractivity contribution < 1.29 is 23.1 Å². The highest BCUT2D eigenvalue weighted by atomic mass is 19.4. The first-order chi connectivity index (χ1) is 6.80. The molecule has 82 valence electrons. The van der Waals surface area contributed by atoms with E-state index in [0.717, 1.165) is 18.2 Å². The first-order valence-electron chi connectivity index (χ1n) is 3.98. The summed E-state index contributed by atoms with van der Waals surface area (Å²) in [6, 6.07) is 3.06. The zero-order valence-corrected chi connectivity index (χ0v) is 7.72. The quantitative estimate of drug-likeness (QED) is 0.762. The van der Waals surface area contributed by atoms with Crippen molar-refractivity contribution in [2.45, 2.75) is 13.1 Å². The van der Waals surface area contributed by atoms with Gasteiger partial charge in [-0.3, -0.25) is 5.32 Å². The lowest BCUT2D eigenvalue weighted by molar-refractivity contribution is -0.138. The van der Waals surface area contributed by atoms with Crippen LogP contribution in [0.5, 0.6) is 0 Å². The van der Waals surface area contributed by atoms with Crippen molar-refractivity contribution in [2.75, 3.05) is 5.32 Å². The Morgan fingerprint density at radius 1 is 1.40 bits per heavy atom. The van der Waals surface area contributed by atoms with Gasteiger partial charge in [0.25, 0.3) is 0 Å². The molecule has 1 aromatic carbocycles. The molecule has 1 rings (SSSR count). The predicted molar refractivity (Wildman–Crippen MR) is 47.8 cm³/mol. The van der Waals surface area contributed by atoms with Crippen LogP contribution in [0.1, 0.15) is 11.1 Å². The molecule has 0 aromatic heterocycles. The van der Waals surface area contributed by atoms with Crippen LogP contribution in [0.3, 0.4) is 0 Å². The molecule has 0 aliphatic rings. The summed E-state index contributed by atoms with van der Waals surface area (Å²) in [6.45, 7) is 1.27. The van der Waals surface area contributed by atoms with E-state index in [2.05, 4.69) is 0 Å². The SMILES string of the molecule is Cc1cc(NC(=O)O)ccc1C(F)(F)F. The van der Waals surface area contributed by atoms with Gasteiger partial charge in [-0.1, -0.05) is 0 Å². The van der Waals surface area contributed by atoms with E-state index in [1.165, 1.54) is 6.92 Å². The lowest BCUT2D eigenvalue weighted by Gasteiger charge is -2.11. The van der Waals surface area contributed by atoms with Crippen LogP contribution in [0.25, 0.3) is 0 Å². The fraction of sp³-hybridized carbons (Fsp3) is 0.222. The first-order valence-corrected chi connectivity index (χ1v) is 3.98. The number of aryl methyl sites for hydroxylation is 1. The number of carboxylic acid groups (broad SMARTS) is 1. The van der Waals surface area contributed by atoms with E-state index in [9.17, 15) is 18.0 Å². The summed E-state index contributed by atoms with van der Waals surface area (Å²) in [4.78, 5) is 10.2. The second kappa shape index (κ2) is 3.80. The maximum atomic E-state index is 12.3. The second-order valence-electron chi connectivity index (χ2n) is 2.96. The van der Waals surface area contributed by atoms with Crippen LogP contribution >= 0.6 is 0 Å². The smallest absolute Gasteiger partial charge is 0.416 e. The summed E-state index contributed by atoms with van der Waals surface area (Å²) < 4.78 is 36.9. The Morgan fingerprint density at radius 3 is 2.40 bits per heavy atom. The lowest BCUT2D eigenvalue weighted by atomic mass is 10.1. The number of hydrogen-bond acceptors (Lipinski definition) is 1. The van der Waals surface area contributed by atoms with Gasteiger partial charge in [0, 0.05) is 5.69 Å². The molecule has 0 aliphatic carbocycles. The van der Waals surface area contributed by atoms with Crippen LogP contribution in [-0.4, -0.2) is 11.2 Å². The van der Waals surface area contributed by atoms with E-state index in [1.54, 1.807) is 0 Å². The number of carbonyl (C=O) groups is 1. The highest BCUT2D eigenvalue weighted by Crippen LogP contribution is 2.32. The highest BCUT2D eigenvalue weighted by Gasteiger charge is 2.32. The maximum absolute atomic E-state index is 12.3. The van der Waals surface area contributed by atoms with Crippen molar-refractivity contribution in [2.24, 2.45) is 0 Å². The van der Waals surface area contributed by atoms with Gasteiger partial charge in [0.05, 0.1) is 5.56 Å². The van der Waals surface area contributed by atoms with E-state index >= 15 is 0 Å². The molecule has 0 atom stereocenters. The minimum absolute atomic E-state index is 0.0197. The number of nitrogens with one attached hydrogen (secondary N) is 1. The van der Waals surface area contributed by atoms with E-state index in [4.69, 9.17) is 5.11 Å². The average Bonchev–Trinajstić information content (AvgIpc) is 1.99. The number of hydrogen-bond donors (Lipinski definition) is 2. The van der Waals surface area contributed by atoms with Gasteiger partial charge in [-0.05, 0) is 30.7 Å². The van der Waals surface area contributed by atoms with E-state index < -0.39 is 17.8 Å². The number of alkyl halides is 3. The fourth-order valence-corrected chi connectivity index (χ4v) is 1.18. The summed E-state index contributed by atoms with van der Waals surface area (Å²) in [7, 11) is 0. The minimum atomic E-state index is -4.41. The molecule has 0 aliphatic heterocycles. The molecule has 6 heteroatoms. The van der Waals surface area contributed by atoms with Crippen LogP contribution < -0.4 is 5.32 Å². The van der Waals surface area contributed by atoms with Gasteiger partial charge in [0.1, 0.15) is 0 Å². The predicted octanol–water partition coefficient (Wildman–Crippen LogP) is 3.10. The van der Waals surface area contributed by atoms with Crippen molar-refractivity contribution in [1.29, 1.82) is 0 Å². The van der Waals surface area contributed by atoms with Gasteiger partial charge in [-0.15, -0.1) is 0 Å². The number of benzene rings is 1. The monoisotopic (exact) mass is 219 g/mol. The van der Waals surface area contributed by atoms with Crippen molar-refractivity contribution in [1.82, 2.24) is 0 Å². The zero-order valence-electron chi connectivity index (χ0n) is 7.72. The normalized spacial score (nSPS) is 11.2. The summed E-state index contributed by atoms with van der Waals surface area (Å²) in [5.41, 5.74) is -0.666. The maximum Gasteiger partial charge on any atom is 0.416 e. The number of halogens is 3. The van der Waals surface area contributed by atoms with Gasteiger partial charge in [-0.25, -0.2) is 4.79 Å². The largest absolute Gasteiger partial charge is 0.465 e. The summed E-state index contributed by atoms with van der Waals surface area (Å²) in [5, 5.41) is 10.3. The third-order valence-corrected chi connectivity index (χ3v) is 1.78. The molecule has 0 unspecified atom stereocenters. The van der Waals surface area contributed by atoms with E-state index in [0.29, 0.717) is 0 Å². The molecule has 0 saturated carbocycles. The van der Waals surface area contributed by atoms with Gasteiger partial charge >= 0.3 is 12.3 Å². The van der Waals surface area contributed by atoms with Gasteiger partial charge in [-0.2, -0.15) is 13.2 Å². The molecule has 1 aromatic rings. The zero-order chi connectivity index (χ0) is 11.6. The Labute approximate surface area is 83.5 Å². The number of anilines is 1. The summed E-state index contributed by atoms with van der Waals surface area (Å²) in [6.07, 6.45) is -5.72. The molecule has 0 spiro atoms. The third-order valence-electron chi connectivity index (χ3n) is 1.78. The van der Waals surface area contributed by atoms with Gasteiger partial charge < -0.3 is 5.11 Å². The molecule has 1 amide bonds. The topological polar surface area (TPSA) is 49.3 Å². The van der Waals surface area contributed by atoms with Gasteiger partial charge in [0.2, 0.25) is 0 Å². The van der Waals surface area contributed by atoms with Crippen molar-refractivity contribution in [3.8, 4) is 0 Å². The Balaban J connectivity index is 3.04. The van der Waals surface area contributed by atoms with Gasteiger partial charge in [0.15, 0.2) is 0 Å². The molecule has 0 fully saturated rings. The average molecular weight is 219 g/mol. The number of amides is 1. The Bertz CT molecular complexity index is 387. The van der Waals surface area contributed by atoms with Crippen LogP contribution in [0.2, 0.25) is 0 Å². The lowest BCUT2D eigenvalue weighted by Crippen LogP contribution is -2.10. The van der Waals surface area contributed by atoms with Crippen LogP contribution in [0.15, 0.2) is 18.2 Å². The fourth-order valence-electron chi connectivity index (χ4n) is 1.18. The van der Waals surface area contributed by atoms with Crippen LogP contribution in [-0.2, 0) is 6.18 Å². The molecular formula is C9H8F3NO2. The van der Waals surface area contributed by atoms with Crippen molar-refractivity contribution in [3.63, 3.8) is 0 Å².